The van der Waals surface area contributed by atoms with Crippen molar-refractivity contribution in [2.75, 3.05) is 6.54 Å². The summed E-state index contributed by atoms with van der Waals surface area (Å²) in [7, 11) is 0. The van der Waals surface area contributed by atoms with Gasteiger partial charge in [0.2, 0.25) is 11.8 Å². The molecule has 10 nitrogen and oxygen atoms in total. The molecule has 1 spiro atoms. The Bertz CT molecular complexity index is 2450. The fourth-order valence-corrected chi connectivity index (χ4v) is 10.2. The van der Waals surface area contributed by atoms with Crippen LogP contribution in [0.3, 0.4) is 0 Å². The highest BCUT2D eigenvalue weighted by Crippen LogP contribution is 2.59. The number of amides is 2. The van der Waals surface area contributed by atoms with E-state index in [4.69, 9.17) is 21.4 Å². The van der Waals surface area contributed by atoms with Crippen molar-refractivity contribution in [3.63, 3.8) is 0 Å². The number of carbonyl (C=O) groups excluding carboxylic acids is 2. The number of fused-ring (bicyclic) bond motifs is 6. The van der Waals surface area contributed by atoms with Crippen molar-refractivity contribution in [2.24, 2.45) is 34.6 Å². The second-order valence-corrected chi connectivity index (χ2v) is 18.3. The van der Waals surface area contributed by atoms with Crippen LogP contribution in [0.25, 0.3) is 44.5 Å². The van der Waals surface area contributed by atoms with Crippen LogP contribution in [0.4, 0.5) is 8.78 Å². The molecule has 2 saturated carbocycles. The predicted molar refractivity (Wildman–Crippen MR) is 215 cm³/mol. The zero-order valence-electron chi connectivity index (χ0n) is 32.9. The fraction of sp³-hybridized carbons (Fsp3) is 0.467. The van der Waals surface area contributed by atoms with Gasteiger partial charge in [0.05, 0.1) is 47.1 Å². The van der Waals surface area contributed by atoms with Gasteiger partial charge in [-0.25, -0.2) is 9.97 Å². The molecule has 12 heteroatoms. The normalized spacial score (nSPS) is 24.9. The van der Waals surface area contributed by atoms with Gasteiger partial charge < -0.3 is 31.2 Å². The molecule has 2 aromatic heterocycles. The van der Waals surface area contributed by atoms with E-state index in [1.54, 1.807) is 30.5 Å². The van der Waals surface area contributed by atoms with Gasteiger partial charge in [-0.15, -0.1) is 0 Å². The van der Waals surface area contributed by atoms with Crippen molar-refractivity contribution >= 4 is 22.8 Å². The Morgan fingerprint density at radius 3 is 2.18 bits per heavy atom. The lowest BCUT2D eigenvalue weighted by Gasteiger charge is -2.36. The number of aromatic nitrogens is 4. The van der Waals surface area contributed by atoms with Crippen LogP contribution in [0.1, 0.15) is 101 Å². The summed E-state index contributed by atoms with van der Waals surface area (Å²) in [6.45, 7) is 8.52. The molecule has 6 atom stereocenters. The highest BCUT2D eigenvalue weighted by Gasteiger charge is 2.55. The number of nitrogens with one attached hydrogen (secondary N) is 2. The van der Waals surface area contributed by atoms with Gasteiger partial charge in [0, 0.05) is 29.3 Å². The summed E-state index contributed by atoms with van der Waals surface area (Å²) < 4.78 is 33.0. The third-order valence-corrected chi connectivity index (χ3v) is 13.9. The minimum atomic E-state index is -3.22. The highest BCUT2D eigenvalue weighted by atomic mass is 19.3. The lowest BCUT2D eigenvalue weighted by molar-refractivity contribution is -0.138. The minimum Gasteiger partial charge on any atom is -0.340 e. The smallest absolute Gasteiger partial charge is 0.299 e. The summed E-state index contributed by atoms with van der Waals surface area (Å²) in [5.74, 6) is -1.52. The van der Waals surface area contributed by atoms with E-state index >= 15 is 8.78 Å². The van der Waals surface area contributed by atoms with Gasteiger partial charge in [-0.1, -0.05) is 58.0 Å². The molecule has 3 aliphatic carbocycles. The van der Waals surface area contributed by atoms with E-state index < -0.39 is 18.0 Å². The third kappa shape index (κ3) is 5.68. The van der Waals surface area contributed by atoms with Crippen LogP contribution in [-0.2, 0) is 15.5 Å². The number of carbonyl (C=O) groups is 2. The first-order valence-electron chi connectivity index (χ1n) is 20.6. The zero-order chi connectivity index (χ0) is 39.7. The molecule has 4 heterocycles. The molecule has 4 fully saturated rings. The minimum absolute atomic E-state index is 0.0136. The average molecular weight is 773 g/mol. The molecule has 0 radical (unpaired) electrons. The molecule has 6 N–H and O–H groups in total. The van der Waals surface area contributed by atoms with Crippen molar-refractivity contribution in [2.45, 2.75) is 102 Å². The summed E-state index contributed by atoms with van der Waals surface area (Å²) in [5, 5.41) is 0. The van der Waals surface area contributed by atoms with Gasteiger partial charge in [0.1, 0.15) is 11.6 Å². The zero-order valence-corrected chi connectivity index (χ0v) is 32.9. The SMILES string of the molecule is CC(C)[C@H](N)C(=O)N1CC2(CC2)C[C@H]1c1ncc(-c2ccc3c(c2)C(F)(F)c2cc(-c4ccc5nc([C@@H]6[C@H]7CC[C@H](C7)N6C(=O)[C@@H](N)C(C)C)[nH]c5c4)ccc2-3)[nH]1. The summed E-state index contributed by atoms with van der Waals surface area (Å²) in [4.78, 5) is 47.4. The number of halogens is 2. The molecule has 10 rings (SSSR count). The first-order valence-corrected chi connectivity index (χ1v) is 20.6. The molecule has 2 bridgehead atoms. The summed E-state index contributed by atoms with van der Waals surface area (Å²) in [5.41, 5.74) is 18.0. The van der Waals surface area contributed by atoms with E-state index in [-0.39, 0.29) is 58.3 Å². The molecular formula is C45H50F2N8O2. The van der Waals surface area contributed by atoms with Gasteiger partial charge in [0.15, 0.2) is 0 Å². The van der Waals surface area contributed by atoms with E-state index in [1.807, 2.05) is 67.8 Å². The molecule has 57 heavy (non-hydrogen) atoms. The first-order chi connectivity index (χ1) is 27.2. The van der Waals surface area contributed by atoms with Crippen LogP contribution in [0.5, 0.6) is 0 Å². The van der Waals surface area contributed by atoms with Crippen LogP contribution < -0.4 is 11.5 Å². The predicted octanol–water partition coefficient (Wildman–Crippen LogP) is 7.81. The fourth-order valence-electron chi connectivity index (χ4n) is 10.2. The Kier molecular flexibility index (Phi) is 8.16. The lowest BCUT2D eigenvalue weighted by Crippen LogP contribution is -2.50. The molecule has 5 aromatic rings. The molecular weight excluding hydrogens is 723 g/mol. The number of likely N-dealkylation sites (tertiary alicyclic amines) is 2. The van der Waals surface area contributed by atoms with Crippen molar-refractivity contribution < 1.29 is 18.4 Å². The number of benzene rings is 3. The second-order valence-electron chi connectivity index (χ2n) is 18.3. The first kappa shape index (κ1) is 36.4. The number of aromatic amines is 2. The Morgan fingerprint density at radius 2 is 1.47 bits per heavy atom. The summed E-state index contributed by atoms with van der Waals surface area (Å²) in [6.07, 6.45) is 7.65. The topological polar surface area (TPSA) is 150 Å². The summed E-state index contributed by atoms with van der Waals surface area (Å²) >= 11 is 0. The number of nitrogens with zero attached hydrogens (tertiary/aromatic N) is 4. The highest BCUT2D eigenvalue weighted by molar-refractivity contribution is 5.88. The van der Waals surface area contributed by atoms with Gasteiger partial charge in [-0.3, -0.25) is 9.59 Å². The van der Waals surface area contributed by atoms with Crippen molar-refractivity contribution in [3.05, 3.63) is 83.6 Å². The van der Waals surface area contributed by atoms with E-state index in [0.29, 0.717) is 46.2 Å². The van der Waals surface area contributed by atoms with Crippen LogP contribution in [0, 0.1) is 23.2 Å². The quantitative estimate of drug-likeness (QED) is 0.126. The monoisotopic (exact) mass is 772 g/mol. The third-order valence-electron chi connectivity index (χ3n) is 13.9. The van der Waals surface area contributed by atoms with Crippen LogP contribution in [-0.4, -0.2) is 66.2 Å². The lowest BCUT2D eigenvalue weighted by atomic mass is 9.96. The number of alkyl halides is 2. The van der Waals surface area contributed by atoms with Crippen LogP contribution in [0.15, 0.2) is 60.8 Å². The van der Waals surface area contributed by atoms with Crippen LogP contribution in [0.2, 0.25) is 0 Å². The number of rotatable bonds is 8. The van der Waals surface area contributed by atoms with Gasteiger partial charge in [-0.05, 0) is 108 Å². The van der Waals surface area contributed by atoms with Crippen LogP contribution >= 0.6 is 0 Å². The molecule has 3 aromatic carbocycles. The molecule has 2 amide bonds. The largest absolute Gasteiger partial charge is 0.340 e. The van der Waals surface area contributed by atoms with Crippen molar-refractivity contribution in [1.82, 2.24) is 29.7 Å². The Labute approximate surface area is 330 Å². The number of piperidine rings is 1. The molecule has 0 unspecified atom stereocenters. The standard InChI is InChI=1S/C45H50F2N8O2/c1-22(2)37(48)42(56)54-21-44(13-14-44)19-36(54)40-50-20-35(53-40)26-7-11-30-29-10-6-24(16-31(29)45(46,47)32(30)17-26)25-8-12-33-34(18-25)52-41(51-33)39-27-5-9-28(15-27)55(39)43(57)38(49)23(3)4/h6-8,10-12,16-18,20,22-23,27-28,36-39H,5,9,13-15,19,21,48-49H2,1-4H3,(H,50,53)(H,51,52)/t27-,28+,36-,37-,38-,39-/m0/s1. The van der Waals surface area contributed by atoms with Gasteiger partial charge in [0.25, 0.3) is 5.92 Å². The summed E-state index contributed by atoms with van der Waals surface area (Å²) in [6, 6.07) is 14.9. The number of hydrogen-bond acceptors (Lipinski definition) is 6. The van der Waals surface area contributed by atoms with E-state index in [9.17, 15) is 9.59 Å². The Morgan fingerprint density at radius 1 is 0.825 bits per heavy atom. The van der Waals surface area contributed by atoms with Crippen molar-refractivity contribution in [3.8, 4) is 33.5 Å². The maximum atomic E-state index is 16.5. The number of imidazole rings is 2. The van der Waals surface area contributed by atoms with Crippen molar-refractivity contribution in [1.29, 1.82) is 0 Å². The van der Waals surface area contributed by atoms with E-state index in [2.05, 4.69) is 9.97 Å². The average Bonchev–Trinajstić information content (AvgIpc) is 3.85. The molecule has 2 aliphatic heterocycles. The number of H-pyrrole nitrogens is 2. The molecule has 5 aliphatic rings. The maximum Gasteiger partial charge on any atom is 0.299 e. The number of hydrogen-bond donors (Lipinski definition) is 4. The van der Waals surface area contributed by atoms with Gasteiger partial charge >= 0.3 is 0 Å². The molecule has 2 saturated heterocycles. The Hall–Kier alpha value is -4.94. The van der Waals surface area contributed by atoms with Gasteiger partial charge in [-0.2, -0.15) is 8.78 Å². The number of nitrogens with two attached hydrogens (primary N) is 2. The van der Waals surface area contributed by atoms with E-state index in [0.717, 1.165) is 60.9 Å². The molecule has 296 valence electrons. The Balaban J connectivity index is 0.916. The second kappa shape index (κ2) is 12.8. The van der Waals surface area contributed by atoms with E-state index in [1.165, 1.54) is 0 Å². The maximum absolute atomic E-state index is 16.5.